The van der Waals surface area contributed by atoms with E-state index in [-0.39, 0.29) is 24.0 Å². The van der Waals surface area contributed by atoms with E-state index in [0.717, 1.165) is 0 Å². The van der Waals surface area contributed by atoms with Gasteiger partial charge in [0.2, 0.25) is 0 Å². The lowest BCUT2D eigenvalue weighted by Gasteiger charge is -2.12. The standard InChI is InChI=1S/C11H11BrFNO2/c12-6-1-2-9(13)7(3-6)11(15)8-4-16-5-10(8)14/h1-3,8,10H,4-5,14H2. The highest BCUT2D eigenvalue weighted by molar-refractivity contribution is 9.10. The third-order valence-electron chi connectivity index (χ3n) is 2.66. The van der Waals surface area contributed by atoms with Gasteiger partial charge in [-0.25, -0.2) is 4.39 Å². The maximum atomic E-state index is 13.5. The largest absolute Gasteiger partial charge is 0.379 e. The highest BCUT2D eigenvalue weighted by Crippen LogP contribution is 2.22. The predicted molar refractivity (Wildman–Crippen MR) is 60.7 cm³/mol. The van der Waals surface area contributed by atoms with Gasteiger partial charge in [-0.1, -0.05) is 15.9 Å². The normalized spacial score (nSPS) is 24.7. The van der Waals surface area contributed by atoms with Gasteiger partial charge in [0, 0.05) is 10.5 Å². The molecule has 16 heavy (non-hydrogen) atoms. The van der Waals surface area contributed by atoms with Crippen LogP contribution in [0, 0.1) is 11.7 Å². The average Bonchev–Trinajstić information content (AvgIpc) is 2.67. The Labute approximate surface area is 101 Å². The molecule has 0 amide bonds. The van der Waals surface area contributed by atoms with E-state index in [1.807, 2.05) is 0 Å². The molecule has 0 aliphatic carbocycles. The number of nitrogens with two attached hydrogens (primary N) is 1. The zero-order valence-corrected chi connectivity index (χ0v) is 10.0. The van der Waals surface area contributed by atoms with Gasteiger partial charge < -0.3 is 10.5 Å². The van der Waals surface area contributed by atoms with E-state index < -0.39 is 11.7 Å². The van der Waals surface area contributed by atoms with Gasteiger partial charge >= 0.3 is 0 Å². The Morgan fingerprint density at radius 2 is 2.25 bits per heavy atom. The molecule has 0 saturated carbocycles. The molecule has 0 spiro atoms. The second kappa shape index (κ2) is 4.61. The highest BCUT2D eigenvalue weighted by atomic mass is 79.9. The van der Waals surface area contributed by atoms with E-state index in [9.17, 15) is 9.18 Å². The van der Waals surface area contributed by atoms with Crippen LogP contribution in [0.3, 0.4) is 0 Å². The molecule has 1 aromatic rings. The van der Waals surface area contributed by atoms with Crippen LogP contribution in [-0.2, 0) is 4.74 Å². The first-order valence-electron chi connectivity index (χ1n) is 4.92. The number of carbonyl (C=O) groups is 1. The minimum Gasteiger partial charge on any atom is -0.379 e. The summed E-state index contributed by atoms with van der Waals surface area (Å²) in [6.45, 7) is 0.623. The molecule has 1 aliphatic rings. The molecule has 0 radical (unpaired) electrons. The fraction of sp³-hybridized carbons (Fsp3) is 0.364. The first kappa shape index (κ1) is 11.7. The molecule has 0 bridgehead atoms. The van der Waals surface area contributed by atoms with Gasteiger partial charge in [0.1, 0.15) is 5.82 Å². The molecule has 1 aromatic carbocycles. The molecule has 5 heteroatoms. The Bertz CT molecular complexity index is 424. The van der Waals surface area contributed by atoms with Crippen molar-refractivity contribution in [2.75, 3.05) is 13.2 Å². The molecule has 3 nitrogen and oxygen atoms in total. The first-order chi connectivity index (χ1) is 7.59. The fourth-order valence-corrected chi connectivity index (χ4v) is 2.09. The summed E-state index contributed by atoms with van der Waals surface area (Å²) in [6.07, 6.45) is 0. The average molecular weight is 288 g/mol. The summed E-state index contributed by atoms with van der Waals surface area (Å²) in [5.74, 6) is -1.25. The van der Waals surface area contributed by atoms with Crippen LogP contribution in [0.5, 0.6) is 0 Å². The van der Waals surface area contributed by atoms with Crippen molar-refractivity contribution in [2.24, 2.45) is 11.7 Å². The lowest BCUT2D eigenvalue weighted by Crippen LogP contribution is -2.34. The van der Waals surface area contributed by atoms with E-state index in [0.29, 0.717) is 11.1 Å². The van der Waals surface area contributed by atoms with Crippen LogP contribution in [0.4, 0.5) is 4.39 Å². The Balaban J connectivity index is 2.29. The monoisotopic (exact) mass is 287 g/mol. The fourth-order valence-electron chi connectivity index (χ4n) is 1.73. The summed E-state index contributed by atoms with van der Waals surface area (Å²) in [7, 11) is 0. The van der Waals surface area contributed by atoms with Crippen LogP contribution < -0.4 is 5.73 Å². The van der Waals surface area contributed by atoms with Crippen LogP contribution in [0.15, 0.2) is 22.7 Å². The molecule has 2 rings (SSSR count). The smallest absolute Gasteiger partial charge is 0.172 e. The third-order valence-corrected chi connectivity index (χ3v) is 3.15. The zero-order chi connectivity index (χ0) is 11.7. The van der Waals surface area contributed by atoms with Crippen molar-refractivity contribution in [1.29, 1.82) is 0 Å². The predicted octanol–water partition coefficient (Wildman–Crippen LogP) is 1.74. The number of rotatable bonds is 2. The van der Waals surface area contributed by atoms with Crippen molar-refractivity contribution in [1.82, 2.24) is 0 Å². The summed E-state index contributed by atoms with van der Waals surface area (Å²) in [6, 6.07) is 3.95. The number of carbonyl (C=O) groups excluding carboxylic acids is 1. The van der Waals surface area contributed by atoms with E-state index in [4.69, 9.17) is 10.5 Å². The summed E-state index contributed by atoms with van der Waals surface area (Å²) in [5, 5.41) is 0. The number of benzene rings is 1. The van der Waals surface area contributed by atoms with Crippen molar-refractivity contribution in [2.45, 2.75) is 6.04 Å². The van der Waals surface area contributed by atoms with Gasteiger partial charge in [0.05, 0.1) is 24.7 Å². The Morgan fingerprint density at radius 1 is 1.50 bits per heavy atom. The Kier molecular flexibility index (Phi) is 3.37. The highest BCUT2D eigenvalue weighted by Gasteiger charge is 2.33. The summed E-state index contributed by atoms with van der Waals surface area (Å²) < 4.78 is 19.3. The summed E-state index contributed by atoms with van der Waals surface area (Å²) in [5.41, 5.74) is 5.80. The number of halogens is 2. The van der Waals surface area contributed by atoms with Gasteiger partial charge in [-0.2, -0.15) is 0 Å². The molecular formula is C11H11BrFNO2. The van der Waals surface area contributed by atoms with Gasteiger partial charge in [0.25, 0.3) is 0 Å². The van der Waals surface area contributed by atoms with E-state index in [1.165, 1.54) is 12.1 Å². The second-order valence-corrected chi connectivity index (χ2v) is 4.71. The van der Waals surface area contributed by atoms with Gasteiger partial charge in [-0.05, 0) is 18.2 Å². The molecule has 1 fully saturated rings. The van der Waals surface area contributed by atoms with Crippen molar-refractivity contribution in [3.8, 4) is 0 Å². The molecule has 0 aromatic heterocycles. The third kappa shape index (κ3) is 2.16. The number of Topliss-reactive ketones (excluding diaryl/α,β-unsaturated/α-hetero) is 1. The zero-order valence-electron chi connectivity index (χ0n) is 8.45. The molecule has 2 unspecified atom stereocenters. The molecule has 1 saturated heterocycles. The van der Waals surface area contributed by atoms with Crippen LogP contribution in [0.2, 0.25) is 0 Å². The second-order valence-electron chi connectivity index (χ2n) is 3.80. The topological polar surface area (TPSA) is 52.3 Å². The van der Waals surface area contributed by atoms with Crippen LogP contribution in [0.1, 0.15) is 10.4 Å². The van der Waals surface area contributed by atoms with Crippen molar-refractivity contribution in [3.63, 3.8) is 0 Å². The quantitative estimate of drug-likeness (QED) is 0.843. The molecule has 1 heterocycles. The lowest BCUT2D eigenvalue weighted by molar-refractivity contribution is 0.0892. The summed E-state index contributed by atoms with van der Waals surface area (Å²) in [4.78, 5) is 12.0. The molecule has 86 valence electrons. The number of ether oxygens (including phenoxy) is 1. The number of hydrogen-bond acceptors (Lipinski definition) is 3. The number of ketones is 1. The Morgan fingerprint density at radius 3 is 2.88 bits per heavy atom. The minimum absolute atomic E-state index is 0.0697. The van der Waals surface area contributed by atoms with Crippen molar-refractivity contribution < 1.29 is 13.9 Å². The van der Waals surface area contributed by atoms with Gasteiger partial charge in [-0.3, -0.25) is 4.79 Å². The molecule has 2 N–H and O–H groups in total. The Hall–Kier alpha value is -0.780. The van der Waals surface area contributed by atoms with Crippen molar-refractivity contribution in [3.05, 3.63) is 34.1 Å². The van der Waals surface area contributed by atoms with E-state index in [1.54, 1.807) is 6.07 Å². The van der Waals surface area contributed by atoms with Crippen LogP contribution in [0.25, 0.3) is 0 Å². The van der Waals surface area contributed by atoms with Crippen LogP contribution in [-0.4, -0.2) is 25.0 Å². The van der Waals surface area contributed by atoms with E-state index >= 15 is 0 Å². The maximum Gasteiger partial charge on any atom is 0.172 e. The maximum absolute atomic E-state index is 13.5. The van der Waals surface area contributed by atoms with E-state index in [2.05, 4.69) is 15.9 Å². The minimum atomic E-state index is -0.521. The van der Waals surface area contributed by atoms with Gasteiger partial charge in [-0.15, -0.1) is 0 Å². The summed E-state index contributed by atoms with van der Waals surface area (Å²) >= 11 is 3.21. The molecule has 2 atom stereocenters. The van der Waals surface area contributed by atoms with Crippen LogP contribution >= 0.6 is 15.9 Å². The SMILES string of the molecule is NC1COCC1C(=O)c1cc(Br)ccc1F. The van der Waals surface area contributed by atoms with Gasteiger partial charge in [0.15, 0.2) is 5.78 Å². The molecular weight excluding hydrogens is 277 g/mol. The number of hydrogen-bond donors (Lipinski definition) is 1. The lowest BCUT2D eigenvalue weighted by atomic mass is 9.94. The van der Waals surface area contributed by atoms with Crippen molar-refractivity contribution >= 4 is 21.7 Å². The first-order valence-corrected chi connectivity index (χ1v) is 5.71. The molecule has 1 aliphatic heterocycles.